The molecule has 0 saturated carbocycles. The lowest BCUT2D eigenvalue weighted by Gasteiger charge is -2.15. The van der Waals surface area contributed by atoms with Crippen LogP contribution in [-0.2, 0) is 10.0 Å². The molecule has 100 valence electrons. The molecule has 1 rings (SSSR count). The molecule has 0 heterocycles. The second-order valence-electron chi connectivity index (χ2n) is 3.49. The number of aromatic carboxylic acids is 1. The maximum absolute atomic E-state index is 13.4. The molecule has 5 nitrogen and oxygen atoms in total. The number of carbonyl (C=O) groups is 1. The smallest absolute Gasteiger partial charge is 0.337 e. The van der Waals surface area contributed by atoms with Crippen LogP contribution >= 0.6 is 11.6 Å². The highest BCUT2D eigenvalue weighted by molar-refractivity contribution is 7.89. The van der Waals surface area contributed by atoms with Crippen molar-refractivity contribution in [2.24, 2.45) is 0 Å². The molecule has 0 bridgehead atoms. The van der Waals surface area contributed by atoms with Gasteiger partial charge in [0.05, 0.1) is 15.5 Å². The van der Waals surface area contributed by atoms with Crippen molar-refractivity contribution in [1.29, 1.82) is 0 Å². The number of carboxylic acids is 1. The number of halogens is 2. The van der Waals surface area contributed by atoms with Gasteiger partial charge in [-0.25, -0.2) is 21.9 Å². The van der Waals surface area contributed by atoms with Gasteiger partial charge in [0.1, 0.15) is 5.82 Å². The van der Waals surface area contributed by atoms with Gasteiger partial charge in [0.15, 0.2) is 0 Å². The van der Waals surface area contributed by atoms with Gasteiger partial charge < -0.3 is 5.11 Å². The normalized spacial score (nSPS) is 11.8. The molecular formula is C10H11ClFNO4S. The lowest BCUT2D eigenvalue weighted by Crippen LogP contribution is -2.27. The Morgan fingerprint density at radius 3 is 2.50 bits per heavy atom. The summed E-state index contributed by atoms with van der Waals surface area (Å²) in [5.74, 6) is -2.57. The molecule has 1 aromatic rings. The summed E-state index contributed by atoms with van der Waals surface area (Å²) in [4.78, 5) is 10.4. The third-order valence-electron chi connectivity index (χ3n) is 2.39. The molecule has 0 aliphatic carbocycles. The summed E-state index contributed by atoms with van der Waals surface area (Å²) >= 11 is 5.46. The average molecular weight is 296 g/mol. The van der Waals surface area contributed by atoms with Crippen molar-refractivity contribution in [3.8, 4) is 0 Å². The predicted octanol–water partition coefficient (Wildman–Crippen LogP) is 1.82. The number of hydrogen-bond acceptors (Lipinski definition) is 3. The average Bonchev–Trinajstić information content (AvgIpc) is 2.30. The van der Waals surface area contributed by atoms with Gasteiger partial charge >= 0.3 is 5.97 Å². The lowest BCUT2D eigenvalue weighted by molar-refractivity contribution is 0.0696. The number of nitrogens with zero attached hydrogens (tertiary/aromatic N) is 1. The van der Waals surface area contributed by atoms with Crippen molar-refractivity contribution >= 4 is 27.6 Å². The van der Waals surface area contributed by atoms with E-state index in [9.17, 15) is 17.6 Å². The second kappa shape index (κ2) is 5.21. The first-order valence-corrected chi connectivity index (χ1v) is 6.72. The number of carboxylic acid groups (broad SMARTS) is 1. The van der Waals surface area contributed by atoms with Gasteiger partial charge in [-0.05, 0) is 12.1 Å². The molecule has 8 heteroatoms. The fourth-order valence-corrected chi connectivity index (χ4v) is 2.63. The van der Waals surface area contributed by atoms with E-state index in [1.165, 1.54) is 7.05 Å². The first-order chi connectivity index (χ1) is 8.21. The zero-order chi connectivity index (χ0) is 14.1. The zero-order valence-corrected chi connectivity index (χ0v) is 11.2. The maximum atomic E-state index is 13.4. The van der Waals surface area contributed by atoms with Crippen molar-refractivity contribution < 1.29 is 22.7 Å². The van der Waals surface area contributed by atoms with Crippen LogP contribution in [0.1, 0.15) is 17.3 Å². The van der Waals surface area contributed by atoms with Gasteiger partial charge in [0.2, 0.25) is 10.0 Å². The van der Waals surface area contributed by atoms with Crippen LogP contribution in [0.15, 0.2) is 17.0 Å². The summed E-state index contributed by atoms with van der Waals surface area (Å²) in [6.07, 6.45) is 0. The van der Waals surface area contributed by atoms with Gasteiger partial charge in [-0.15, -0.1) is 0 Å². The zero-order valence-electron chi connectivity index (χ0n) is 9.65. The molecule has 0 unspecified atom stereocenters. The standard InChI is InChI=1S/C10H11ClFNO4S/c1-3-13(2)18(16,17)6-4-7(10(14)15)9(11)8(12)5-6/h4-5H,3H2,1-2H3,(H,14,15). The van der Waals surface area contributed by atoms with Crippen LogP contribution in [0.3, 0.4) is 0 Å². The molecule has 1 aromatic carbocycles. The number of sulfonamides is 1. The summed E-state index contributed by atoms with van der Waals surface area (Å²) in [5, 5.41) is 8.21. The Kier molecular flexibility index (Phi) is 4.31. The minimum atomic E-state index is -3.91. The van der Waals surface area contributed by atoms with Crippen LogP contribution in [0, 0.1) is 5.82 Å². The number of hydrogen-bond donors (Lipinski definition) is 1. The molecule has 18 heavy (non-hydrogen) atoms. The summed E-state index contributed by atoms with van der Waals surface area (Å²) in [5.41, 5.74) is -0.584. The van der Waals surface area contributed by atoms with Crippen molar-refractivity contribution in [2.75, 3.05) is 13.6 Å². The number of benzene rings is 1. The van der Waals surface area contributed by atoms with Crippen LogP contribution in [-0.4, -0.2) is 37.4 Å². The molecular weight excluding hydrogens is 285 g/mol. The van der Waals surface area contributed by atoms with Gasteiger partial charge in [0, 0.05) is 13.6 Å². The van der Waals surface area contributed by atoms with Gasteiger partial charge in [0.25, 0.3) is 0 Å². The fourth-order valence-electron chi connectivity index (χ4n) is 1.22. The highest BCUT2D eigenvalue weighted by Gasteiger charge is 2.24. The molecule has 0 aliphatic rings. The van der Waals surface area contributed by atoms with E-state index >= 15 is 0 Å². The molecule has 0 aromatic heterocycles. The quantitative estimate of drug-likeness (QED) is 0.919. The summed E-state index contributed by atoms with van der Waals surface area (Å²) < 4.78 is 38.2. The Labute approximate surface area is 109 Å². The van der Waals surface area contributed by atoms with E-state index in [1.807, 2.05) is 0 Å². The van der Waals surface area contributed by atoms with Crippen LogP contribution < -0.4 is 0 Å². The Balaban J connectivity index is 3.50. The van der Waals surface area contributed by atoms with E-state index in [4.69, 9.17) is 16.7 Å². The molecule has 0 spiro atoms. The lowest BCUT2D eigenvalue weighted by atomic mass is 10.2. The molecule has 0 saturated heterocycles. The highest BCUT2D eigenvalue weighted by atomic mass is 35.5. The Morgan fingerprint density at radius 1 is 1.50 bits per heavy atom. The van der Waals surface area contributed by atoms with E-state index in [2.05, 4.69) is 0 Å². The topological polar surface area (TPSA) is 74.7 Å². The van der Waals surface area contributed by atoms with Crippen LogP contribution in [0.4, 0.5) is 4.39 Å². The van der Waals surface area contributed by atoms with E-state index in [0.29, 0.717) is 6.07 Å². The Morgan fingerprint density at radius 2 is 2.06 bits per heavy atom. The van der Waals surface area contributed by atoms with Crippen LogP contribution in [0.5, 0.6) is 0 Å². The first-order valence-electron chi connectivity index (χ1n) is 4.90. The summed E-state index contributed by atoms with van der Waals surface area (Å²) in [7, 11) is -2.61. The highest BCUT2D eigenvalue weighted by Crippen LogP contribution is 2.25. The largest absolute Gasteiger partial charge is 0.478 e. The van der Waals surface area contributed by atoms with Crippen LogP contribution in [0.2, 0.25) is 5.02 Å². The minimum Gasteiger partial charge on any atom is -0.478 e. The molecule has 0 aliphatic heterocycles. The van der Waals surface area contributed by atoms with E-state index < -0.39 is 37.3 Å². The van der Waals surface area contributed by atoms with Crippen LogP contribution in [0.25, 0.3) is 0 Å². The van der Waals surface area contributed by atoms with Crippen molar-refractivity contribution in [3.63, 3.8) is 0 Å². The predicted molar refractivity (Wildman–Crippen MR) is 63.9 cm³/mol. The summed E-state index contributed by atoms with van der Waals surface area (Å²) in [6, 6.07) is 1.55. The summed E-state index contributed by atoms with van der Waals surface area (Å²) in [6.45, 7) is 1.77. The molecule has 0 radical (unpaired) electrons. The van der Waals surface area contributed by atoms with E-state index in [1.54, 1.807) is 6.92 Å². The van der Waals surface area contributed by atoms with Gasteiger partial charge in [-0.2, -0.15) is 0 Å². The maximum Gasteiger partial charge on any atom is 0.337 e. The monoisotopic (exact) mass is 295 g/mol. The third kappa shape index (κ3) is 2.63. The third-order valence-corrected chi connectivity index (χ3v) is 4.68. The minimum absolute atomic E-state index is 0.176. The first kappa shape index (κ1) is 14.9. The van der Waals surface area contributed by atoms with Crippen molar-refractivity contribution in [1.82, 2.24) is 4.31 Å². The Hall–Kier alpha value is -1.18. The number of rotatable bonds is 4. The van der Waals surface area contributed by atoms with Crippen molar-refractivity contribution in [2.45, 2.75) is 11.8 Å². The molecule has 1 N–H and O–H groups in total. The van der Waals surface area contributed by atoms with E-state index in [0.717, 1.165) is 10.4 Å². The van der Waals surface area contributed by atoms with Gasteiger partial charge in [-0.3, -0.25) is 0 Å². The van der Waals surface area contributed by atoms with Crippen molar-refractivity contribution in [3.05, 3.63) is 28.5 Å². The molecule has 0 fully saturated rings. The van der Waals surface area contributed by atoms with E-state index in [-0.39, 0.29) is 6.54 Å². The Bertz CT molecular complexity index is 588. The van der Waals surface area contributed by atoms with Gasteiger partial charge in [-0.1, -0.05) is 18.5 Å². The molecule has 0 amide bonds. The molecule has 0 atom stereocenters. The fraction of sp³-hybridized carbons (Fsp3) is 0.300. The second-order valence-corrected chi connectivity index (χ2v) is 5.91. The SMILES string of the molecule is CCN(C)S(=O)(=O)c1cc(F)c(Cl)c(C(=O)O)c1.